The largest absolute Gasteiger partial charge is 0.465 e. The maximum absolute atomic E-state index is 12.6. The summed E-state index contributed by atoms with van der Waals surface area (Å²) in [6.45, 7) is 1.39. The molecule has 5 nitrogen and oxygen atoms in total. The minimum absolute atomic E-state index is 0.138. The van der Waals surface area contributed by atoms with Gasteiger partial charge in [0.1, 0.15) is 17.4 Å². The van der Waals surface area contributed by atoms with Crippen molar-refractivity contribution in [1.82, 2.24) is 5.32 Å². The third kappa shape index (κ3) is 3.95. The van der Waals surface area contributed by atoms with E-state index in [1.54, 1.807) is 19.1 Å². The zero-order chi connectivity index (χ0) is 13.8. The van der Waals surface area contributed by atoms with Crippen LogP contribution in [0.3, 0.4) is 0 Å². The van der Waals surface area contributed by atoms with E-state index in [1.165, 1.54) is 0 Å². The maximum Gasteiger partial charge on any atom is 0.400 e. The number of furan rings is 1. The van der Waals surface area contributed by atoms with Crippen LogP contribution in [0.15, 0.2) is 21.7 Å². The van der Waals surface area contributed by atoms with Gasteiger partial charge in [-0.25, -0.2) is 0 Å². The van der Waals surface area contributed by atoms with Gasteiger partial charge in [0.2, 0.25) is 0 Å². The van der Waals surface area contributed by atoms with Crippen LogP contribution in [-0.4, -0.2) is 23.8 Å². The summed E-state index contributed by atoms with van der Waals surface area (Å²) in [7, 11) is 0. The molecule has 0 aliphatic heterocycles. The van der Waals surface area contributed by atoms with Gasteiger partial charge in [0.05, 0.1) is 6.54 Å². The van der Waals surface area contributed by atoms with Crippen LogP contribution in [0, 0.1) is 12.8 Å². The maximum atomic E-state index is 12.6. The fourth-order valence-corrected chi connectivity index (χ4v) is 1.38. The summed E-state index contributed by atoms with van der Waals surface area (Å²) in [6.07, 6.45) is -4.57. The Morgan fingerprint density at radius 2 is 2.22 bits per heavy atom. The molecule has 1 aromatic heterocycles. The second-order valence-electron chi connectivity index (χ2n) is 3.76. The zero-order valence-electron chi connectivity index (χ0n) is 9.66. The van der Waals surface area contributed by atoms with Crippen LogP contribution >= 0.6 is 0 Å². The van der Waals surface area contributed by atoms with Crippen LogP contribution in [0.5, 0.6) is 0 Å². The van der Waals surface area contributed by atoms with Crippen molar-refractivity contribution in [1.29, 1.82) is 0 Å². The van der Waals surface area contributed by atoms with E-state index in [-0.39, 0.29) is 6.54 Å². The molecule has 0 spiro atoms. The molecular formula is C10H14F3N3O2. The lowest BCUT2D eigenvalue weighted by atomic mass is 10.1. The first-order chi connectivity index (χ1) is 8.34. The molecule has 0 saturated carbocycles. The lowest BCUT2D eigenvalue weighted by Crippen LogP contribution is -2.42. The van der Waals surface area contributed by atoms with Crippen LogP contribution in [0.4, 0.5) is 13.2 Å². The third-order valence-corrected chi connectivity index (χ3v) is 2.31. The van der Waals surface area contributed by atoms with Crippen molar-refractivity contribution in [3.05, 3.63) is 23.7 Å². The van der Waals surface area contributed by atoms with Crippen molar-refractivity contribution in [3.8, 4) is 0 Å². The molecule has 0 aliphatic rings. The highest BCUT2D eigenvalue weighted by Crippen LogP contribution is 2.25. The number of hydrogen-bond acceptors (Lipinski definition) is 4. The molecule has 4 N–H and O–H groups in total. The highest BCUT2D eigenvalue weighted by molar-refractivity contribution is 5.83. The van der Waals surface area contributed by atoms with Gasteiger partial charge in [0.25, 0.3) is 0 Å². The van der Waals surface area contributed by atoms with Gasteiger partial charge in [0.15, 0.2) is 5.84 Å². The molecule has 0 bridgehead atoms. The number of halogens is 3. The smallest absolute Gasteiger partial charge is 0.400 e. The van der Waals surface area contributed by atoms with Crippen LogP contribution < -0.4 is 11.1 Å². The molecule has 1 rings (SSSR count). The van der Waals surface area contributed by atoms with Gasteiger partial charge in [0, 0.05) is 6.54 Å². The molecule has 0 radical (unpaired) electrons. The van der Waals surface area contributed by atoms with Crippen LogP contribution in [0.2, 0.25) is 0 Å². The molecule has 8 heteroatoms. The summed E-state index contributed by atoms with van der Waals surface area (Å²) in [5, 5.41) is 13.3. The van der Waals surface area contributed by atoms with Gasteiger partial charge in [-0.1, -0.05) is 5.16 Å². The average Bonchev–Trinajstić information content (AvgIpc) is 2.68. The first-order valence-corrected chi connectivity index (χ1v) is 5.14. The first-order valence-electron chi connectivity index (χ1n) is 5.14. The summed E-state index contributed by atoms with van der Waals surface area (Å²) in [5.41, 5.74) is 5.00. The number of hydrogen-bond donors (Lipinski definition) is 3. The van der Waals surface area contributed by atoms with Gasteiger partial charge in [-0.05, 0) is 19.1 Å². The van der Waals surface area contributed by atoms with Crippen LogP contribution in [0.25, 0.3) is 0 Å². The first kappa shape index (κ1) is 14.4. The standard InChI is InChI=1S/C10H14F3N3O2/c1-6-2-3-7(18-6)4-15-5-8(9(14)16-17)10(11,12)13/h2-3,8,15,17H,4-5H2,1H3,(H2,14,16). The van der Waals surface area contributed by atoms with E-state index in [0.29, 0.717) is 11.5 Å². The highest BCUT2D eigenvalue weighted by atomic mass is 19.4. The predicted octanol–water partition coefficient (Wildman–Crippen LogP) is 1.60. The van der Waals surface area contributed by atoms with Gasteiger partial charge in [-0.3, -0.25) is 0 Å². The number of oxime groups is 1. The fourth-order valence-electron chi connectivity index (χ4n) is 1.38. The van der Waals surface area contributed by atoms with E-state index in [4.69, 9.17) is 15.4 Å². The molecule has 0 saturated heterocycles. The van der Waals surface area contributed by atoms with Crippen molar-refractivity contribution in [2.24, 2.45) is 16.8 Å². The summed E-state index contributed by atoms with van der Waals surface area (Å²) < 4.78 is 42.8. The topological polar surface area (TPSA) is 83.8 Å². The van der Waals surface area contributed by atoms with Crippen molar-refractivity contribution in [2.45, 2.75) is 19.6 Å². The predicted molar refractivity (Wildman–Crippen MR) is 58.1 cm³/mol. The monoisotopic (exact) mass is 265 g/mol. The van der Waals surface area contributed by atoms with Gasteiger partial charge >= 0.3 is 6.18 Å². The van der Waals surface area contributed by atoms with Crippen molar-refractivity contribution >= 4 is 5.84 Å². The summed E-state index contributed by atoms with van der Waals surface area (Å²) in [5.74, 6) is -1.70. The third-order valence-electron chi connectivity index (χ3n) is 2.31. The summed E-state index contributed by atoms with van der Waals surface area (Å²) in [4.78, 5) is 0. The Hall–Kier alpha value is -1.70. The second-order valence-corrected chi connectivity index (χ2v) is 3.76. The summed E-state index contributed by atoms with van der Waals surface area (Å²) >= 11 is 0. The van der Waals surface area contributed by atoms with E-state index < -0.39 is 24.5 Å². The fraction of sp³-hybridized carbons (Fsp3) is 0.500. The second kappa shape index (κ2) is 5.76. The van der Waals surface area contributed by atoms with Crippen molar-refractivity contribution in [3.63, 3.8) is 0 Å². The van der Waals surface area contributed by atoms with Crippen molar-refractivity contribution < 1.29 is 22.8 Å². The van der Waals surface area contributed by atoms with E-state index in [9.17, 15) is 13.2 Å². The highest BCUT2D eigenvalue weighted by Gasteiger charge is 2.42. The normalized spacial score (nSPS) is 14.8. The number of nitrogens with zero attached hydrogens (tertiary/aromatic N) is 1. The van der Waals surface area contributed by atoms with Gasteiger partial charge in [-0.2, -0.15) is 13.2 Å². The Morgan fingerprint density at radius 1 is 1.56 bits per heavy atom. The number of rotatable bonds is 5. The molecule has 0 aliphatic carbocycles. The Bertz CT molecular complexity index is 415. The summed E-state index contributed by atoms with van der Waals surface area (Å²) in [6, 6.07) is 3.37. The number of nitrogens with one attached hydrogen (secondary N) is 1. The minimum Gasteiger partial charge on any atom is -0.465 e. The van der Waals surface area contributed by atoms with Crippen molar-refractivity contribution in [2.75, 3.05) is 6.54 Å². The Balaban J connectivity index is 2.53. The molecule has 102 valence electrons. The Kier molecular flexibility index (Phi) is 4.60. The average molecular weight is 265 g/mol. The van der Waals surface area contributed by atoms with Gasteiger partial charge < -0.3 is 20.7 Å². The molecule has 1 unspecified atom stereocenters. The number of alkyl halides is 3. The minimum atomic E-state index is -4.57. The molecule has 0 fully saturated rings. The SMILES string of the molecule is Cc1ccc(CNCC(/C(N)=N/O)C(F)(F)F)o1. The number of aryl methyl sites for hydroxylation is 1. The van der Waals surface area contributed by atoms with E-state index in [1.807, 2.05) is 0 Å². The van der Waals surface area contributed by atoms with E-state index in [0.717, 1.165) is 0 Å². The van der Waals surface area contributed by atoms with E-state index in [2.05, 4.69) is 10.5 Å². The zero-order valence-corrected chi connectivity index (χ0v) is 9.66. The molecule has 0 amide bonds. The number of amidine groups is 1. The lowest BCUT2D eigenvalue weighted by Gasteiger charge is -2.18. The Labute approximate surface area is 101 Å². The Morgan fingerprint density at radius 3 is 2.67 bits per heavy atom. The molecule has 18 heavy (non-hydrogen) atoms. The molecule has 1 atom stereocenters. The molecule has 1 aromatic rings. The lowest BCUT2D eigenvalue weighted by molar-refractivity contribution is -0.155. The number of nitrogens with two attached hydrogens (primary N) is 1. The van der Waals surface area contributed by atoms with E-state index >= 15 is 0 Å². The van der Waals surface area contributed by atoms with Gasteiger partial charge in [-0.15, -0.1) is 0 Å². The molecule has 1 heterocycles. The quantitative estimate of drug-likeness (QED) is 0.327. The molecular weight excluding hydrogens is 251 g/mol. The van der Waals surface area contributed by atoms with Crippen LogP contribution in [0.1, 0.15) is 11.5 Å². The molecule has 0 aromatic carbocycles. The van der Waals surface area contributed by atoms with Crippen LogP contribution in [-0.2, 0) is 6.54 Å².